The number of anilines is 3. The highest BCUT2D eigenvalue weighted by atomic mass is 35.5. The number of piperazine rings is 1. The fraction of sp³-hybridized carbons (Fsp3) is 0.174. The molecule has 1 heterocycles. The zero-order chi connectivity index (χ0) is 19.3. The Morgan fingerprint density at radius 3 is 2.29 bits per heavy atom. The molecule has 0 radical (unpaired) electrons. The van der Waals surface area contributed by atoms with Crippen LogP contribution in [0.1, 0.15) is 10.4 Å². The van der Waals surface area contributed by atoms with E-state index in [9.17, 15) is 4.79 Å². The summed E-state index contributed by atoms with van der Waals surface area (Å²) in [5.41, 5.74) is 3.60. The summed E-state index contributed by atoms with van der Waals surface area (Å²) in [6, 6.07) is 25.5. The van der Waals surface area contributed by atoms with Crippen molar-refractivity contribution in [2.24, 2.45) is 0 Å². The first-order valence-electron chi connectivity index (χ1n) is 9.41. The number of benzene rings is 3. The predicted molar refractivity (Wildman–Crippen MR) is 116 cm³/mol. The van der Waals surface area contributed by atoms with Gasteiger partial charge in [0.1, 0.15) is 0 Å². The summed E-state index contributed by atoms with van der Waals surface area (Å²) in [7, 11) is 0. The average Bonchev–Trinajstić information content (AvgIpc) is 2.74. The Morgan fingerprint density at radius 2 is 1.54 bits per heavy atom. The summed E-state index contributed by atoms with van der Waals surface area (Å²) < 4.78 is 0. The molecule has 1 amide bonds. The van der Waals surface area contributed by atoms with Crippen LogP contribution in [0.2, 0.25) is 5.02 Å². The number of para-hydroxylation sites is 2. The van der Waals surface area contributed by atoms with Crippen molar-refractivity contribution in [3.05, 3.63) is 89.4 Å². The number of carbonyl (C=O) groups is 1. The van der Waals surface area contributed by atoms with E-state index in [-0.39, 0.29) is 5.91 Å². The number of nitrogens with zero attached hydrogens (tertiary/aromatic N) is 2. The molecule has 5 heteroatoms. The zero-order valence-electron chi connectivity index (χ0n) is 15.5. The smallest absolute Gasteiger partial charge is 0.256 e. The van der Waals surface area contributed by atoms with Gasteiger partial charge in [-0.1, -0.05) is 48.0 Å². The second-order valence-electron chi connectivity index (χ2n) is 6.80. The van der Waals surface area contributed by atoms with Crippen molar-refractivity contribution >= 4 is 34.6 Å². The van der Waals surface area contributed by atoms with E-state index < -0.39 is 0 Å². The van der Waals surface area contributed by atoms with Crippen LogP contribution in [0.15, 0.2) is 78.9 Å². The molecule has 1 aliphatic rings. The van der Waals surface area contributed by atoms with E-state index in [1.54, 1.807) is 0 Å². The van der Waals surface area contributed by atoms with E-state index >= 15 is 0 Å². The lowest BCUT2D eigenvalue weighted by molar-refractivity contribution is 0.0748. The van der Waals surface area contributed by atoms with Gasteiger partial charge in [-0.3, -0.25) is 4.79 Å². The van der Waals surface area contributed by atoms with Crippen LogP contribution in [-0.2, 0) is 0 Å². The van der Waals surface area contributed by atoms with E-state index in [1.165, 1.54) is 0 Å². The van der Waals surface area contributed by atoms with Gasteiger partial charge < -0.3 is 15.1 Å². The maximum atomic E-state index is 13.2. The standard InChI is InChI=1S/C23H22ClN3O/c24-18-7-6-10-20(17-18)26-13-15-27(16-14-26)23(28)21-11-4-5-12-22(21)25-19-8-2-1-3-9-19/h1-12,17,25H,13-16H2. The molecule has 4 rings (SSSR count). The molecule has 0 saturated carbocycles. The van der Waals surface area contributed by atoms with Gasteiger partial charge in [0.15, 0.2) is 0 Å². The van der Waals surface area contributed by atoms with Gasteiger partial charge in [0.25, 0.3) is 5.91 Å². The van der Waals surface area contributed by atoms with Crippen molar-refractivity contribution in [2.45, 2.75) is 0 Å². The van der Waals surface area contributed by atoms with Crippen LogP contribution < -0.4 is 10.2 Å². The first-order chi connectivity index (χ1) is 13.7. The van der Waals surface area contributed by atoms with Gasteiger partial charge in [0.05, 0.1) is 11.3 Å². The second kappa shape index (κ2) is 8.36. The second-order valence-corrected chi connectivity index (χ2v) is 7.23. The molecule has 28 heavy (non-hydrogen) atoms. The minimum atomic E-state index is 0.0600. The minimum Gasteiger partial charge on any atom is -0.368 e. The zero-order valence-corrected chi connectivity index (χ0v) is 16.3. The first kappa shape index (κ1) is 18.4. The molecule has 3 aromatic rings. The number of hydrogen-bond acceptors (Lipinski definition) is 3. The lowest BCUT2D eigenvalue weighted by Crippen LogP contribution is -2.48. The Morgan fingerprint density at radius 1 is 0.821 bits per heavy atom. The minimum absolute atomic E-state index is 0.0600. The van der Waals surface area contributed by atoms with Gasteiger partial charge in [0, 0.05) is 42.6 Å². The highest BCUT2D eigenvalue weighted by Crippen LogP contribution is 2.24. The monoisotopic (exact) mass is 391 g/mol. The van der Waals surface area contributed by atoms with E-state index in [0.717, 1.165) is 35.2 Å². The van der Waals surface area contributed by atoms with Crippen molar-refractivity contribution in [2.75, 3.05) is 36.4 Å². The summed E-state index contributed by atoms with van der Waals surface area (Å²) >= 11 is 6.11. The maximum Gasteiger partial charge on any atom is 0.256 e. The van der Waals surface area contributed by atoms with Gasteiger partial charge in [-0.05, 0) is 42.5 Å². The van der Waals surface area contributed by atoms with Crippen molar-refractivity contribution in [1.82, 2.24) is 4.90 Å². The van der Waals surface area contributed by atoms with Crippen molar-refractivity contribution in [1.29, 1.82) is 0 Å². The topological polar surface area (TPSA) is 35.6 Å². The summed E-state index contributed by atoms with van der Waals surface area (Å²) in [6.07, 6.45) is 0. The molecule has 4 nitrogen and oxygen atoms in total. The molecule has 3 aromatic carbocycles. The number of amides is 1. The molecule has 1 N–H and O–H groups in total. The van der Waals surface area contributed by atoms with Crippen LogP contribution in [0.25, 0.3) is 0 Å². The fourth-order valence-corrected chi connectivity index (χ4v) is 3.65. The molecule has 0 aromatic heterocycles. The quantitative estimate of drug-likeness (QED) is 0.676. The molecule has 1 saturated heterocycles. The lowest BCUT2D eigenvalue weighted by Gasteiger charge is -2.36. The molecular formula is C23H22ClN3O. The van der Waals surface area contributed by atoms with Crippen LogP contribution in [0.4, 0.5) is 17.1 Å². The summed E-state index contributed by atoms with van der Waals surface area (Å²) in [5.74, 6) is 0.0600. The number of rotatable bonds is 4. The summed E-state index contributed by atoms with van der Waals surface area (Å²) in [6.45, 7) is 2.96. The lowest BCUT2D eigenvalue weighted by atomic mass is 10.1. The third kappa shape index (κ3) is 4.12. The Labute approximate surface area is 170 Å². The highest BCUT2D eigenvalue weighted by Gasteiger charge is 2.24. The maximum absolute atomic E-state index is 13.2. The fourth-order valence-electron chi connectivity index (χ4n) is 3.47. The first-order valence-corrected chi connectivity index (χ1v) is 9.79. The number of nitrogens with one attached hydrogen (secondary N) is 1. The molecule has 0 unspecified atom stereocenters. The third-order valence-corrected chi connectivity index (χ3v) is 5.19. The van der Waals surface area contributed by atoms with Gasteiger partial charge >= 0.3 is 0 Å². The molecular weight excluding hydrogens is 370 g/mol. The van der Waals surface area contributed by atoms with Gasteiger partial charge in [-0.25, -0.2) is 0 Å². The van der Waals surface area contributed by atoms with Crippen LogP contribution in [-0.4, -0.2) is 37.0 Å². The summed E-state index contributed by atoms with van der Waals surface area (Å²) in [5, 5.41) is 4.09. The molecule has 1 aliphatic heterocycles. The Hall–Kier alpha value is -2.98. The Kier molecular flexibility index (Phi) is 5.49. The van der Waals surface area contributed by atoms with E-state index in [0.29, 0.717) is 18.7 Å². The normalized spacial score (nSPS) is 14.0. The van der Waals surface area contributed by atoms with Crippen molar-refractivity contribution in [3.8, 4) is 0 Å². The predicted octanol–water partition coefficient (Wildman–Crippen LogP) is 5.05. The highest BCUT2D eigenvalue weighted by molar-refractivity contribution is 6.30. The average molecular weight is 392 g/mol. The number of halogens is 1. The third-order valence-electron chi connectivity index (χ3n) is 4.95. The number of carbonyl (C=O) groups excluding carboxylic acids is 1. The molecule has 0 bridgehead atoms. The summed E-state index contributed by atoms with van der Waals surface area (Å²) in [4.78, 5) is 17.3. The van der Waals surface area contributed by atoms with Gasteiger partial charge in [-0.2, -0.15) is 0 Å². The van der Waals surface area contributed by atoms with E-state index in [2.05, 4.69) is 16.3 Å². The Balaban J connectivity index is 1.46. The van der Waals surface area contributed by atoms with Crippen LogP contribution in [0.3, 0.4) is 0 Å². The van der Waals surface area contributed by atoms with Crippen LogP contribution in [0.5, 0.6) is 0 Å². The SMILES string of the molecule is O=C(c1ccccc1Nc1ccccc1)N1CCN(c2cccc(Cl)c2)CC1. The Bertz CT molecular complexity index is 953. The molecule has 0 aliphatic carbocycles. The van der Waals surface area contributed by atoms with Crippen molar-refractivity contribution in [3.63, 3.8) is 0 Å². The molecule has 142 valence electrons. The number of hydrogen-bond donors (Lipinski definition) is 1. The van der Waals surface area contributed by atoms with E-state index in [1.807, 2.05) is 77.7 Å². The van der Waals surface area contributed by atoms with Crippen LogP contribution >= 0.6 is 11.6 Å². The molecule has 0 atom stereocenters. The van der Waals surface area contributed by atoms with Gasteiger partial charge in [-0.15, -0.1) is 0 Å². The largest absolute Gasteiger partial charge is 0.368 e. The molecule has 1 fully saturated rings. The van der Waals surface area contributed by atoms with E-state index in [4.69, 9.17) is 11.6 Å². The molecule has 0 spiro atoms. The van der Waals surface area contributed by atoms with Crippen LogP contribution in [0, 0.1) is 0 Å². The van der Waals surface area contributed by atoms with Crippen molar-refractivity contribution < 1.29 is 4.79 Å². The van der Waals surface area contributed by atoms with Gasteiger partial charge in [0.2, 0.25) is 0 Å².